The Morgan fingerprint density at radius 1 is 1.00 bits per heavy atom. The molecule has 1 aliphatic carbocycles. The molecular formula is C27H38N4O2. The van der Waals surface area contributed by atoms with Gasteiger partial charge < -0.3 is 11.1 Å². The summed E-state index contributed by atoms with van der Waals surface area (Å²) in [4.78, 5) is 26.4. The van der Waals surface area contributed by atoms with Gasteiger partial charge in [-0.3, -0.25) is 19.4 Å². The number of rotatable bonds is 7. The van der Waals surface area contributed by atoms with Crippen molar-refractivity contribution in [3.05, 3.63) is 71.3 Å². The summed E-state index contributed by atoms with van der Waals surface area (Å²) in [6, 6.07) is 18.0. The van der Waals surface area contributed by atoms with Gasteiger partial charge in [-0.2, -0.15) is 0 Å². The average Bonchev–Trinajstić information content (AvgIpc) is 2.86. The molecule has 1 atom stereocenters. The van der Waals surface area contributed by atoms with Gasteiger partial charge in [0.2, 0.25) is 12.3 Å². The molecule has 1 heterocycles. The molecule has 2 aromatic carbocycles. The lowest BCUT2D eigenvalue weighted by atomic mass is 9.94. The van der Waals surface area contributed by atoms with E-state index in [9.17, 15) is 9.59 Å². The molecule has 4 rings (SSSR count). The first-order valence-electron chi connectivity index (χ1n) is 12.1. The van der Waals surface area contributed by atoms with Crippen molar-refractivity contribution in [1.82, 2.24) is 15.1 Å². The standard InChI is InChI=1S/C18H28N2.C9H10N2O2/c1-16-7-9-17(10-8-16)15-19-11-13-20(14-12-19)18-5-3-2-4-6-18;10-9(13)8(11-6-12)7-4-2-1-3-5-7/h7-10,18H,2-6,11-15H2,1H3;1-6,8H,(H2,10,13)(H,11,12). The van der Waals surface area contributed by atoms with Gasteiger partial charge in [-0.25, -0.2) is 0 Å². The fourth-order valence-corrected chi connectivity index (χ4v) is 4.74. The molecule has 0 spiro atoms. The van der Waals surface area contributed by atoms with Crippen LogP contribution in [0.3, 0.4) is 0 Å². The second-order valence-electron chi connectivity index (χ2n) is 9.12. The summed E-state index contributed by atoms with van der Waals surface area (Å²) in [6.07, 6.45) is 7.71. The Bertz CT molecular complexity index is 842. The number of nitrogens with zero attached hydrogens (tertiary/aromatic N) is 2. The van der Waals surface area contributed by atoms with E-state index in [1.54, 1.807) is 24.3 Å². The first-order valence-corrected chi connectivity index (χ1v) is 12.1. The van der Waals surface area contributed by atoms with Gasteiger partial charge in [0.15, 0.2) is 0 Å². The number of primary amides is 1. The predicted molar refractivity (Wildman–Crippen MR) is 132 cm³/mol. The van der Waals surface area contributed by atoms with Crippen molar-refractivity contribution < 1.29 is 9.59 Å². The molecule has 1 saturated heterocycles. The van der Waals surface area contributed by atoms with Gasteiger partial charge in [0.1, 0.15) is 6.04 Å². The van der Waals surface area contributed by atoms with Crippen molar-refractivity contribution in [3.63, 3.8) is 0 Å². The Kier molecular flexibility index (Phi) is 9.91. The van der Waals surface area contributed by atoms with E-state index < -0.39 is 11.9 Å². The molecule has 0 aromatic heterocycles. The van der Waals surface area contributed by atoms with E-state index in [4.69, 9.17) is 5.73 Å². The Morgan fingerprint density at radius 2 is 1.64 bits per heavy atom. The van der Waals surface area contributed by atoms with Crippen LogP contribution in [0.5, 0.6) is 0 Å². The third-order valence-electron chi connectivity index (χ3n) is 6.68. The second kappa shape index (κ2) is 13.1. The number of nitrogens with one attached hydrogen (secondary N) is 1. The van der Waals surface area contributed by atoms with E-state index in [0.29, 0.717) is 12.0 Å². The highest BCUT2D eigenvalue weighted by Gasteiger charge is 2.24. The summed E-state index contributed by atoms with van der Waals surface area (Å²) >= 11 is 0. The van der Waals surface area contributed by atoms with E-state index in [1.807, 2.05) is 6.07 Å². The van der Waals surface area contributed by atoms with Gasteiger partial charge in [-0.1, -0.05) is 79.4 Å². The maximum Gasteiger partial charge on any atom is 0.244 e. The fourth-order valence-electron chi connectivity index (χ4n) is 4.74. The SMILES string of the molecule is Cc1ccc(CN2CCN(C3CCCCC3)CC2)cc1.NC(=O)C(NC=O)c1ccccc1. The quantitative estimate of drug-likeness (QED) is 0.634. The van der Waals surface area contributed by atoms with Crippen LogP contribution in [0, 0.1) is 6.92 Å². The van der Waals surface area contributed by atoms with Crippen molar-refractivity contribution >= 4 is 12.3 Å². The Labute approximate surface area is 198 Å². The number of aryl methyl sites for hydroxylation is 1. The third-order valence-corrected chi connectivity index (χ3v) is 6.68. The van der Waals surface area contributed by atoms with Gasteiger partial charge in [0.25, 0.3) is 0 Å². The van der Waals surface area contributed by atoms with Crippen LogP contribution in [0.25, 0.3) is 0 Å². The van der Waals surface area contributed by atoms with Crippen molar-refractivity contribution in [1.29, 1.82) is 0 Å². The Morgan fingerprint density at radius 3 is 2.21 bits per heavy atom. The summed E-state index contributed by atoms with van der Waals surface area (Å²) in [6.45, 7) is 8.31. The van der Waals surface area contributed by atoms with Crippen LogP contribution < -0.4 is 11.1 Å². The molecule has 2 aliphatic rings. The summed E-state index contributed by atoms with van der Waals surface area (Å²) < 4.78 is 0. The minimum atomic E-state index is -0.737. The van der Waals surface area contributed by atoms with E-state index in [0.717, 1.165) is 12.6 Å². The van der Waals surface area contributed by atoms with Crippen LogP contribution in [-0.2, 0) is 16.1 Å². The lowest BCUT2D eigenvalue weighted by molar-refractivity contribution is -0.122. The van der Waals surface area contributed by atoms with Gasteiger partial charge >= 0.3 is 0 Å². The first-order chi connectivity index (χ1) is 16.1. The van der Waals surface area contributed by atoms with Crippen LogP contribution >= 0.6 is 0 Å². The van der Waals surface area contributed by atoms with Gasteiger partial charge in [-0.15, -0.1) is 0 Å². The fraction of sp³-hybridized carbons (Fsp3) is 0.481. The van der Waals surface area contributed by atoms with Crippen LogP contribution in [0.4, 0.5) is 0 Å². The first kappa shape index (κ1) is 24.9. The average molecular weight is 451 g/mol. The predicted octanol–water partition coefficient (Wildman–Crippen LogP) is 3.40. The molecule has 1 aliphatic heterocycles. The molecule has 6 heteroatoms. The summed E-state index contributed by atoms with van der Waals surface area (Å²) in [5.41, 5.74) is 8.59. The molecule has 0 bridgehead atoms. The highest BCUT2D eigenvalue weighted by molar-refractivity contribution is 5.83. The largest absolute Gasteiger partial charge is 0.368 e. The number of hydrogen-bond acceptors (Lipinski definition) is 4. The maximum atomic E-state index is 10.9. The molecule has 0 radical (unpaired) electrons. The number of carbonyl (C=O) groups is 2. The molecular weight excluding hydrogens is 412 g/mol. The van der Waals surface area contributed by atoms with E-state index in [2.05, 4.69) is 46.3 Å². The number of nitrogens with two attached hydrogens (primary N) is 1. The lowest BCUT2D eigenvalue weighted by Gasteiger charge is -2.40. The highest BCUT2D eigenvalue weighted by Crippen LogP contribution is 2.23. The Hall–Kier alpha value is -2.70. The zero-order valence-electron chi connectivity index (χ0n) is 19.8. The smallest absolute Gasteiger partial charge is 0.244 e. The Balaban J connectivity index is 0.000000205. The topological polar surface area (TPSA) is 78.7 Å². The molecule has 1 unspecified atom stereocenters. The molecule has 2 fully saturated rings. The molecule has 178 valence electrons. The lowest BCUT2D eigenvalue weighted by Crippen LogP contribution is -2.50. The molecule has 2 amide bonds. The molecule has 1 saturated carbocycles. The normalized spacial score (nSPS) is 18.6. The van der Waals surface area contributed by atoms with E-state index in [1.165, 1.54) is 69.4 Å². The second-order valence-corrected chi connectivity index (χ2v) is 9.12. The van der Waals surface area contributed by atoms with Crippen molar-refractivity contribution in [3.8, 4) is 0 Å². The number of carbonyl (C=O) groups excluding carboxylic acids is 2. The van der Waals surface area contributed by atoms with Gasteiger partial charge in [0, 0.05) is 38.8 Å². The minimum Gasteiger partial charge on any atom is -0.368 e. The van der Waals surface area contributed by atoms with Crippen LogP contribution in [0.15, 0.2) is 54.6 Å². The number of piperazine rings is 1. The molecule has 6 nitrogen and oxygen atoms in total. The monoisotopic (exact) mass is 450 g/mol. The van der Waals surface area contributed by atoms with Gasteiger partial charge in [-0.05, 0) is 30.9 Å². The zero-order chi connectivity index (χ0) is 23.5. The van der Waals surface area contributed by atoms with E-state index in [-0.39, 0.29) is 0 Å². The number of amides is 2. The third kappa shape index (κ3) is 7.98. The number of hydrogen-bond donors (Lipinski definition) is 2. The summed E-state index contributed by atoms with van der Waals surface area (Å²) in [7, 11) is 0. The molecule has 33 heavy (non-hydrogen) atoms. The van der Waals surface area contributed by atoms with Crippen LogP contribution in [0.2, 0.25) is 0 Å². The summed E-state index contributed by atoms with van der Waals surface area (Å²) in [5.74, 6) is -0.571. The van der Waals surface area contributed by atoms with Crippen LogP contribution in [0.1, 0.15) is 54.8 Å². The van der Waals surface area contributed by atoms with Crippen molar-refractivity contribution in [2.75, 3.05) is 26.2 Å². The summed E-state index contributed by atoms with van der Waals surface area (Å²) in [5, 5.41) is 2.34. The number of benzene rings is 2. The highest BCUT2D eigenvalue weighted by atomic mass is 16.2. The van der Waals surface area contributed by atoms with Crippen molar-refractivity contribution in [2.45, 2.75) is 57.7 Å². The van der Waals surface area contributed by atoms with Gasteiger partial charge in [0.05, 0.1) is 0 Å². The minimum absolute atomic E-state index is 0.461. The zero-order valence-corrected chi connectivity index (χ0v) is 19.8. The maximum absolute atomic E-state index is 10.9. The molecule has 2 aromatic rings. The van der Waals surface area contributed by atoms with Crippen molar-refractivity contribution in [2.24, 2.45) is 5.73 Å². The van der Waals surface area contributed by atoms with E-state index >= 15 is 0 Å². The molecule has 3 N–H and O–H groups in total. The van der Waals surface area contributed by atoms with Crippen LogP contribution in [-0.4, -0.2) is 54.3 Å².